The van der Waals surface area contributed by atoms with Crippen LogP contribution in [0.15, 0.2) is 48.5 Å². The van der Waals surface area contributed by atoms with Gasteiger partial charge < -0.3 is 19.7 Å². The van der Waals surface area contributed by atoms with Gasteiger partial charge in [0.25, 0.3) is 5.91 Å². The average Bonchev–Trinajstić information content (AvgIpc) is 3.57. The zero-order chi connectivity index (χ0) is 20.8. The van der Waals surface area contributed by atoms with Crippen LogP contribution in [0.2, 0.25) is 0 Å². The molecule has 6 nitrogen and oxygen atoms in total. The van der Waals surface area contributed by atoms with E-state index in [0.717, 1.165) is 29.9 Å². The van der Waals surface area contributed by atoms with Crippen LogP contribution in [-0.4, -0.2) is 43.0 Å². The Kier molecular flexibility index (Phi) is 6.75. The van der Waals surface area contributed by atoms with Crippen molar-refractivity contribution < 1.29 is 19.1 Å². The first-order chi connectivity index (χ1) is 14.0. The van der Waals surface area contributed by atoms with Crippen molar-refractivity contribution in [1.29, 1.82) is 0 Å². The summed E-state index contributed by atoms with van der Waals surface area (Å²) in [6, 6.07) is 14.6. The van der Waals surface area contributed by atoms with Gasteiger partial charge in [0.2, 0.25) is 5.91 Å². The second kappa shape index (κ2) is 9.45. The summed E-state index contributed by atoms with van der Waals surface area (Å²) < 4.78 is 10.8. The number of nitrogens with one attached hydrogen (secondary N) is 1. The van der Waals surface area contributed by atoms with Crippen molar-refractivity contribution in [3.63, 3.8) is 0 Å². The predicted molar refractivity (Wildman–Crippen MR) is 111 cm³/mol. The Hall–Kier alpha value is -3.02. The molecule has 6 heteroatoms. The van der Waals surface area contributed by atoms with Gasteiger partial charge in [0.15, 0.2) is 0 Å². The molecule has 1 saturated carbocycles. The first kappa shape index (κ1) is 20.7. The van der Waals surface area contributed by atoms with Gasteiger partial charge in [-0.1, -0.05) is 18.2 Å². The molecule has 0 bridgehead atoms. The van der Waals surface area contributed by atoms with E-state index in [2.05, 4.69) is 5.32 Å². The maximum atomic E-state index is 13.0. The van der Waals surface area contributed by atoms with E-state index in [1.807, 2.05) is 48.2 Å². The molecule has 0 aliphatic heterocycles. The molecule has 0 heterocycles. The topological polar surface area (TPSA) is 67.9 Å². The highest BCUT2D eigenvalue weighted by atomic mass is 16.5. The molecule has 0 spiro atoms. The lowest BCUT2D eigenvalue weighted by Gasteiger charge is -2.25. The summed E-state index contributed by atoms with van der Waals surface area (Å²) in [7, 11) is 3.24. The molecule has 1 aliphatic rings. The molecule has 1 unspecified atom stereocenters. The van der Waals surface area contributed by atoms with Crippen molar-refractivity contribution in [2.75, 3.05) is 14.2 Å². The Morgan fingerprint density at radius 3 is 2.45 bits per heavy atom. The van der Waals surface area contributed by atoms with Gasteiger partial charge >= 0.3 is 0 Å². The monoisotopic (exact) mass is 396 g/mol. The molecular weight excluding hydrogens is 368 g/mol. The molecule has 0 radical (unpaired) electrons. The quantitative estimate of drug-likeness (QED) is 0.705. The van der Waals surface area contributed by atoms with E-state index >= 15 is 0 Å². The highest BCUT2D eigenvalue weighted by Gasteiger charge is 2.33. The standard InChI is InChI=1S/C23H28N2O4/c1-16(24-23(27)17-7-5-4-6-8-17)13-22(26)25(19-9-10-19)15-18-14-20(28-2)11-12-21(18)29-3/h4-8,11-12,14,16,19H,9-10,13,15H2,1-3H3,(H,24,27). The van der Waals surface area contributed by atoms with Crippen LogP contribution in [0, 0.1) is 0 Å². The number of benzene rings is 2. The molecule has 1 atom stereocenters. The molecule has 29 heavy (non-hydrogen) atoms. The minimum atomic E-state index is -0.260. The first-order valence-corrected chi connectivity index (χ1v) is 9.88. The molecule has 1 N–H and O–H groups in total. The molecule has 2 aromatic rings. The lowest BCUT2D eigenvalue weighted by molar-refractivity contribution is -0.132. The van der Waals surface area contributed by atoms with E-state index in [4.69, 9.17) is 9.47 Å². The summed E-state index contributed by atoms with van der Waals surface area (Å²) in [5.41, 5.74) is 1.50. The van der Waals surface area contributed by atoms with E-state index < -0.39 is 0 Å². The van der Waals surface area contributed by atoms with Crippen LogP contribution in [0.1, 0.15) is 42.1 Å². The molecule has 3 rings (SSSR count). The minimum Gasteiger partial charge on any atom is -0.497 e. The SMILES string of the molecule is COc1ccc(OC)c(CN(C(=O)CC(C)NC(=O)c2ccccc2)C2CC2)c1. The third-order valence-electron chi connectivity index (χ3n) is 5.03. The van der Waals surface area contributed by atoms with E-state index in [0.29, 0.717) is 12.1 Å². The zero-order valence-corrected chi connectivity index (χ0v) is 17.2. The number of hydrogen-bond donors (Lipinski definition) is 1. The summed E-state index contributed by atoms with van der Waals surface area (Å²) in [5, 5.41) is 2.91. The van der Waals surface area contributed by atoms with Gasteiger partial charge in [-0.25, -0.2) is 0 Å². The highest BCUT2D eigenvalue weighted by Crippen LogP contribution is 2.32. The summed E-state index contributed by atoms with van der Waals surface area (Å²) in [6.45, 7) is 2.32. The molecule has 1 fully saturated rings. The lowest BCUT2D eigenvalue weighted by atomic mass is 10.1. The molecule has 1 aliphatic carbocycles. The van der Waals surface area contributed by atoms with E-state index in [1.54, 1.807) is 26.4 Å². The smallest absolute Gasteiger partial charge is 0.251 e. The average molecular weight is 396 g/mol. The van der Waals surface area contributed by atoms with Gasteiger partial charge in [-0.05, 0) is 50.1 Å². The fourth-order valence-electron chi connectivity index (χ4n) is 3.32. The number of methoxy groups -OCH3 is 2. The van der Waals surface area contributed by atoms with E-state index in [-0.39, 0.29) is 30.3 Å². The normalized spacial score (nSPS) is 14.0. The zero-order valence-electron chi connectivity index (χ0n) is 17.2. The van der Waals surface area contributed by atoms with Gasteiger partial charge in [-0.3, -0.25) is 9.59 Å². The van der Waals surface area contributed by atoms with E-state index in [9.17, 15) is 9.59 Å². The second-order valence-electron chi connectivity index (χ2n) is 7.38. The van der Waals surface area contributed by atoms with Crippen LogP contribution in [0.3, 0.4) is 0 Å². The molecule has 0 aromatic heterocycles. The Morgan fingerprint density at radius 2 is 1.83 bits per heavy atom. The summed E-state index contributed by atoms with van der Waals surface area (Å²) in [4.78, 5) is 27.2. The van der Waals surface area contributed by atoms with E-state index in [1.165, 1.54) is 0 Å². The number of rotatable bonds is 9. The predicted octanol–water partition coefficient (Wildman–Crippen LogP) is 3.40. The van der Waals surface area contributed by atoms with Crippen LogP contribution < -0.4 is 14.8 Å². The fraction of sp³-hybridized carbons (Fsp3) is 0.391. The molecule has 154 valence electrons. The summed E-state index contributed by atoms with van der Waals surface area (Å²) in [6.07, 6.45) is 2.26. The molecule has 2 amide bonds. The third-order valence-corrected chi connectivity index (χ3v) is 5.03. The van der Waals surface area contributed by atoms with Crippen molar-refractivity contribution in [1.82, 2.24) is 10.2 Å². The van der Waals surface area contributed by atoms with Crippen LogP contribution in [0.5, 0.6) is 11.5 Å². The van der Waals surface area contributed by atoms with Crippen molar-refractivity contribution in [3.05, 3.63) is 59.7 Å². The number of ether oxygens (including phenoxy) is 2. The van der Waals surface area contributed by atoms with Crippen LogP contribution in [-0.2, 0) is 11.3 Å². The minimum absolute atomic E-state index is 0.0261. The molecule has 0 saturated heterocycles. The fourth-order valence-corrected chi connectivity index (χ4v) is 3.32. The van der Waals surface area contributed by atoms with Crippen LogP contribution >= 0.6 is 0 Å². The van der Waals surface area contributed by atoms with Crippen LogP contribution in [0.4, 0.5) is 0 Å². The Bertz CT molecular complexity index is 849. The van der Waals surface area contributed by atoms with Crippen molar-refractivity contribution >= 4 is 11.8 Å². The first-order valence-electron chi connectivity index (χ1n) is 9.88. The van der Waals surface area contributed by atoms with Gasteiger partial charge in [-0.15, -0.1) is 0 Å². The largest absolute Gasteiger partial charge is 0.497 e. The Labute approximate surface area is 171 Å². The van der Waals surface area contributed by atoms with Gasteiger partial charge in [0.1, 0.15) is 11.5 Å². The second-order valence-corrected chi connectivity index (χ2v) is 7.38. The van der Waals surface area contributed by atoms with Gasteiger partial charge in [0.05, 0.1) is 14.2 Å². The Morgan fingerprint density at radius 1 is 1.10 bits per heavy atom. The number of nitrogens with zero attached hydrogens (tertiary/aromatic N) is 1. The third kappa shape index (κ3) is 5.50. The molecular formula is C23H28N2O4. The number of carbonyl (C=O) groups is 2. The summed E-state index contributed by atoms with van der Waals surface area (Å²) in [5.74, 6) is 1.32. The van der Waals surface area contributed by atoms with Crippen LogP contribution in [0.25, 0.3) is 0 Å². The number of hydrogen-bond acceptors (Lipinski definition) is 4. The summed E-state index contributed by atoms with van der Waals surface area (Å²) >= 11 is 0. The number of amides is 2. The van der Waals surface area contributed by atoms with Crippen molar-refractivity contribution in [3.8, 4) is 11.5 Å². The number of carbonyl (C=O) groups excluding carboxylic acids is 2. The maximum Gasteiger partial charge on any atom is 0.251 e. The Balaban J connectivity index is 1.65. The van der Waals surface area contributed by atoms with Gasteiger partial charge in [0, 0.05) is 36.2 Å². The van der Waals surface area contributed by atoms with Crippen molar-refractivity contribution in [2.24, 2.45) is 0 Å². The van der Waals surface area contributed by atoms with Gasteiger partial charge in [-0.2, -0.15) is 0 Å². The maximum absolute atomic E-state index is 13.0. The van der Waals surface area contributed by atoms with Crippen molar-refractivity contribution in [2.45, 2.75) is 44.8 Å². The molecule has 2 aromatic carbocycles. The highest BCUT2D eigenvalue weighted by molar-refractivity contribution is 5.94. The lowest BCUT2D eigenvalue weighted by Crippen LogP contribution is -2.40.